The number of halogens is 1. The maximum atomic E-state index is 12.1. The highest BCUT2D eigenvalue weighted by atomic mass is 35.5. The molecule has 2 aliphatic rings. The van der Waals surface area contributed by atoms with Crippen molar-refractivity contribution in [3.63, 3.8) is 0 Å². The second-order valence-corrected chi connectivity index (χ2v) is 4.65. The van der Waals surface area contributed by atoms with E-state index in [0.29, 0.717) is 30.4 Å². The van der Waals surface area contributed by atoms with Crippen LogP contribution in [0.25, 0.3) is 0 Å². The first-order valence-corrected chi connectivity index (χ1v) is 5.59. The minimum atomic E-state index is -0.642. The number of ether oxygens (including phenoxy) is 1. The molecule has 1 saturated heterocycles. The first-order valence-electron chi connectivity index (χ1n) is 5.22. The van der Waals surface area contributed by atoms with Crippen LogP contribution in [-0.4, -0.2) is 41.7 Å². The van der Waals surface area contributed by atoms with Crippen LogP contribution in [-0.2, 0) is 9.53 Å². The number of nitrogens with zero attached hydrogens (tertiary/aromatic N) is 3. The zero-order chi connectivity index (χ0) is 12.2. The molecule has 0 bridgehead atoms. The van der Waals surface area contributed by atoms with E-state index in [1.807, 2.05) is 11.9 Å². The first-order chi connectivity index (χ1) is 8.04. The lowest BCUT2D eigenvalue weighted by atomic mass is 9.91. The van der Waals surface area contributed by atoms with Crippen LogP contribution in [0.5, 0.6) is 0 Å². The number of nitrogens with one attached hydrogen (secondary N) is 1. The standard InChI is InChI=1S/C10H11ClN4O2/c1-5-6-7(14-9(11)12-5)15(2)10(3-17-4-10)8(16)13-6/h3-4H2,1-2H3,(H,13,16). The van der Waals surface area contributed by atoms with E-state index in [1.54, 1.807) is 6.92 Å². The molecule has 1 aromatic rings. The van der Waals surface area contributed by atoms with Crippen LogP contribution in [0, 0.1) is 6.92 Å². The summed E-state index contributed by atoms with van der Waals surface area (Å²) in [4.78, 5) is 22.1. The molecule has 2 aliphatic heterocycles. The van der Waals surface area contributed by atoms with E-state index in [0.717, 1.165) is 0 Å². The van der Waals surface area contributed by atoms with Crippen LogP contribution in [0.4, 0.5) is 11.5 Å². The average Bonchev–Trinajstić information content (AvgIpc) is 2.18. The predicted octanol–water partition coefficient (Wildman–Crippen LogP) is 0.596. The molecule has 1 N–H and O–H groups in total. The van der Waals surface area contributed by atoms with E-state index in [-0.39, 0.29) is 11.2 Å². The lowest BCUT2D eigenvalue weighted by Crippen LogP contribution is -2.70. The van der Waals surface area contributed by atoms with Crippen LogP contribution in [0.1, 0.15) is 5.69 Å². The van der Waals surface area contributed by atoms with Crippen LogP contribution in [0.2, 0.25) is 5.28 Å². The van der Waals surface area contributed by atoms with Gasteiger partial charge in [0.15, 0.2) is 11.4 Å². The number of hydrogen-bond acceptors (Lipinski definition) is 5. The number of anilines is 2. The van der Waals surface area contributed by atoms with Crippen molar-refractivity contribution in [2.75, 3.05) is 30.5 Å². The van der Waals surface area contributed by atoms with Crippen LogP contribution >= 0.6 is 11.6 Å². The van der Waals surface area contributed by atoms with E-state index in [4.69, 9.17) is 16.3 Å². The Morgan fingerprint density at radius 1 is 1.47 bits per heavy atom. The quantitative estimate of drug-likeness (QED) is 0.687. The van der Waals surface area contributed by atoms with Crippen LogP contribution in [0.3, 0.4) is 0 Å². The van der Waals surface area contributed by atoms with E-state index in [9.17, 15) is 4.79 Å². The van der Waals surface area contributed by atoms with Gasteiger partial charge in [-0.3, -0.25) is 4.79 Å². The summed E-state index contributed by atoms with van der Waals surface area (Å²) in [7, 11) is 1.82. The fourth-order valence-electron chi connectivity index (χ4n) is 2.12. The molecule has 1 spiro atoms. The Balaban J connectivity index is 2.16. The van der Waals surface area contributed by atoms with Gasteiger partial charge in [0.05, 0.1) is 18.9 Å². The molecule has 1 fully saturated rings. The highest BCUT2D eigenvalue weighted by Crippen LogP contribution is 2.39. The summed E-state index contributed by atoms with van der Waals surface area (Å²) in [5.41, 5.74) is 0.645. The van der Waals surface area contributed by atoms with Crippen molar-refractivity contribution in [2.45, 2.75) is 12.5 Å². The fraction of sp³-hybridized carbons (Fsp3) is 0.500. The molecule has 90 valence electrons. The molecule has 0 atom stereocenters. The van der Waals surface area contributed by atoms with Gasteiger partial charge in [-0.1, -0.05) is 0 Å². The summed E-state index contributed by atoms with van der Waals surface area (Å²) in [6.45, 7) is 2.53. The van der Waals surface area contributed by atoms with Gasteiger partial charge in [0.1, 0.15) is 5.69 Å². The van der Waals surface area contributed by atoms with Gasteiger partial charge in [0.2, 0.25) is 5.28 Å². The minimum absolute atomic E-state index is 0.0761. The van der Waals surface area contributed by atoms with Gasteiger partial charge >= 0.3 is 0 Å². The minimum Gasteiger partial charge on any atom is -0.375 e. The maximum absolute atomic E-state index is 12.1. The van der Waals surface area contributed by atoms with E-state index < -0.39 is 5.54 Å². The monoisotopic (exact) mass is 254 g/mol. The average molecular weight is 255 g/mol. The summed E-state index contributed by atoms with van der Waals surface area (Å²) in [6, 6.07) is 0. The zero-order valence-corrected chi connectivity index (χ0v) is 10.2. The van der Waals surface area contributed by atoms with Crippen molar-refractivity contribution < 1.29 is 9.53 Å². The number of carbonyl (C=O) groups is 1. The van der Waals surface area contributed by atoms with Crippen molar-refractivity contribution >= 4 is 29.0 Å². The number of amides is 1. The molecule has 17 heavy (non-hydrogen) atoms. The second-order valence-electron chi connectivity index (χ2n) is 4.31. The number of hydrogen-bond donors (Lipinski definition) is 1. The normalized spacial score (nSPS) is 20.9. The van der Waals surface area contributed by atoms with Crippen molar-refractivity contribution in [3.8, 4) is 0 Å². The molecule has 1 amide bonds. The van der Waals surface area contributed by atoms with Gasteiger partial charge in [-0.05, 0) is 18.5 Å². The topological polar surface area (TPSA) is 67.3 Å². The molecule has 0 unspecified atom stereocenters. The van der Waals surface area contributed by atoms with E-state index in [1.165, 1.54) is 0 Å². The number of likely N-dealkylation sites (N-methyl/N-ethyl adjacent to an activating group) is 1. The Morgan fingerprint density at radius 3 is 2.76 bits per heavy atom. The summed E-state index contributed by atoms with van der Waals surface area (Å²) < 4.78 is 5.15. The Kier molecular flexibility index (Phi) is 2.08. The number of rotatable bonds is 0. The Labute approximate surface area is 103 Å². The number of aromatic nitrogens is 2. The highest BCUT2D eigenvalue weighted by Gasteiger charge is 2.53. The zero-order valence-electron chi connectivity index (χ0n) is 9.45. The van der Waals surface area contributed by atoms with Gasteiger partial charge in [0.25, 0.3) is 5.91 Å². The third-order valence-corrected chi connectivity index (χ3v) is 3.52. The fourth-order valence-corrected chi connectivity index (χ4v) is 2.33. The third kappa shape index (κ3) is 1.28. The Bertz CT molecular complexity index is 515. The Morgan fingerprint density at radius 2 is 2.18 bits per heavy atom. The maximum Gasteiger partial charge on any atom is 0.255 e. The SMILES string of the molecule is Cc1nc(Cl)nc2c1NC(=O)C1(COC1)N2C. The van der Waals surface area contributed by atoms with Gasteiger partial charge in [-0.25, -0.2) is 4.98 Å². The molecule has 0 aromatic carbocycles. The smallest absolute Gasteiger partial charge is 0.255 e. The predicted molar refractivity (Wildman–Crippen MR) is 62.4 cm³/mol. The molecule has 7 heteroatoms. The van der Waals surface area contributed by atoms with E-state index in [2.05, 4.69) is 15.3 Å². The molecule has 0 aliphatic carbocycles. The third-order valence-electron chi connectivity index (χ3n) is 3.35. The van der Waals surface area contributed by atoms with Gasteiger partial charge in [-0.15, -0.1) is 0 Å². The van der Waals surface area contributed by atoms with Crippen molar-refractivity contribution in [1.82, 2.24) is 9.97 Å². The number of aryl methyl sites for hydroxylation is 1. The molecular weight excluding hydrogens is 244 g/mol. The molecular formula is C10H11ClN4O2. The molecule has 6 nitrogen and oxygen atoms in total. The van der Waals surface area contributed by atoms with Crippen molar-refractivity contribution in [2.24, 2.45) is 0 Å². The molecule has 3 rings (SSSR count). The highest BCUT2D eigenvalue weighted by molar-refractivity contribution is 6.28. The van der Waals surface area contributed by atoms with Crippen molar-refractivity contribution in [3.05, 3.63) is 11.0 Å². The van der Waals surface area contributed by atoms with Crippen LogP contribution < -0.4 is 10.2 Å². The summed E-state index contributed by atoms with van der Waals surface area (Å²) >= 11 is 5.85. The summed E-state index contributed by atoms with van der Waals surface area (Å²) in [5, 5.41) is 3.01. The number of carbonyl (C=O) groups excluding carboxylic acids is 1. The summed E-state index contributed by atoms with van der Waals surface area (Å²) in [5.74, 6) is 0.568. The molecule has 0 saturated carbocycles. The van der Waals surface area contributed by atoms with Crippen LogP contribution in [0.15, 0.2) is 0 Å². The Hall–Kier alpha value is -1.40. The summed E-state index contributed by atoms with van der Waals surface area (Å²) in [6.07, 6.45) is 0. The van der Waals surface area contributed by atoms with Gasteiger partial charge in [-0.2, -0.15) is 4.98 Å². The largest absolute Gasteiger partial charge is 0.375 e. The molecule has 0 radical (unpaired) electrons. The second kappa shape index (κ2) is 3.30. The van der Waals surface area contributed by atoms with E-state index >= 15 is 0 Å². The van der Waals surface area contributed by atoms with Gasteiger partial charge < -0.3 is 15.0 Å². The lowest BCUT2D eigenvalue weighted by molar-refractivity contribution is -0.138. The van der Waals surface area contributed by atoms with Crippen molar-refractivity contribution in [1.29, 1.82) is 0 Å². The number of fused-ring (bicyclic) bond motifs is 1. The molecule has 3 heterocycles. The molecule has 1 aromatic heterocycles. The lowest BCUT2D eigenvalue weighted by Gasteiger charge is -2.49. The van der Waals surface area contributed by atoms with Gasteiger partial charge in [0, 0.05) is 7.05 Å². The first kappa shape index (κ1) is 10.7.